The highest BCUT2D eigenvalue weighted by Crippen LogP contribution is 2.60. The van der Waals surface area contributed by atoms with E-state index < -0.39 is 30.6 Å². The molecule has 3 amide bonds. The number of methoxy groups -OCH3 is 1. The number of non-ortho nitro benzene ring substituents is 1. The number of fused-ring (bicyclic) bond motifs is 2. The normalized spacial score (nSPS) is 19.7. The number of rotatable bonds is 14. The first kappa shape index (κ1) is 41.0. The van der Waals surface area contributed by atoms with Crippen LogP contribution >= 0.6 is 0 Å². The zero-order valence-electron chi connectivity index (χ0n) is 33.5. The molecule has 0 aliphatic carbocycles. The molecule has 1 saturated heterocycles. The van der Waals surface area contributed by atoms with E-state index in [0.717, 1.165) is 16.3 Å². The van der Waals surface area contributed by atoms with Crippen molar-refractivity contribution in [2.45, 2.75) is 56.8 Å². The molecule has 1 spiro atoms. The van der Waals surface area contributed by atoms with Gasteiger partial charge < -0.3 is 29.7 Å². The Kier molecular flexibility index (Phi) is 11.8. The van der Waals surface area contributed by atoms with Crippen molar-refractivity contribution in [3.8, 4) is 5.75 Å². The van der Waals surface area contributed by atoms with Crippen molar-refractivity contribution in [3.63, 3.8) is 0 Å². The van der Waals surface area contributed by atoms with Crippen LogP contribution in [0.4, 0.5) is 17.1 Å². The van der Waals surface area contributed by atoms with E-state index in [1.807, 2.05) is 79.7 Å². The molecule has 2 aliphatic heterocycles. The maximum atomic E-state index is 15.3. The van der Waals surface area contributed by atoms with E-state index in [9.17, 15) is 24.8 Å². The van der Waals surface area contributed by atoms with E-state index in [4.69, 9.17) is 9.47 Å². The number of nitrogens with zero attached hydrogens (tertiary/aromatic N) is 3. The molecule has 5 aromatic rings. The summed E-state index contributed by atoms with van der Waals surface area (Å²) in [5.41, 5.74) is 1.54. The van der Waals surface area contributed by atoms with Crippen LogP contribution in [0.15, 0.2) is 127 Å². The molecular formula is C46H48N4O8Si. The molecule has 12 nitrogen and oxygen atoms in total. The van der Waals surface area contributed by atoms with Crippen LogP contribution in [0.2, 0.25) is 18.6 Å². The van der Waals surface area contributed by atoms with Crippen molar-refractivity contribution in [2.24, 2.45) is 5.92 Å². The largest absolute Gasteiger partial charge is 0.497 e. The molecule has 0 bridgehead atoms. The number of nitrogens with one attached hydrogen (secondary N) is 1. The highest BCUT2D eigenvalue weighted by atomic mass is 28.3. The Morgan fingerprint density at radius 1 is 0.932 bits per heavy atom. The fourth-order valence-electron chi connectivity index (χ4n) is 8.96. The van der Waals surface area contributed by atoms with E-state index in [1.54, 1.807) is 59.4 Å². The van der Waals surface area contributed by atoms with Gasteiger partial charge >= 0.3 is 0 Å². The zero-order valence-corrected chi connectivity index (χ0v) is 34.5. The van der Waals surface area contributed by atoms with Gasteiger partial charge in [0.25, 0.3) is 17.5 Å². The average Bonchev–Trinajstić information content (AvgIpc) is 3.67. The molecule has 0 aromatic heterocycles. The van der Waals surface area contributed by atoms with Crippen molar-refractivity contribution < 1.29 is 33.9 Å². The number of carbonyl (C=O) groups excluding carboxylic acids is 3. The second-order valence-electron chi connectivity index (χ2n) is 15.8. The lowest BCUT2D eigenvalue weighted by Gasteiger charge is -2.37. The highest BCUT2D eigenvalue weighted by molar-refractivity contribution is 6.91. The third-order valence-electron chi connectivity index (χ3n) is 11.9. The number of nitro groups is 1. The van der Waals surface area contributed by atoms with Crippen molar-refractivity contribution in [2.75, 3.05) is 30.5 Å². The van der Waals surface area contributed by atoms with Gasteiger partial charge in [0.2, 0.25) is 5.91 Å². The SMILES string of the molecule is COc1ccc([Si](C)(C)[C@H]2[C@H](CC(=O)N(CCO)Cc3ccccc3)O[C@@]3(C(=O)N(Cc4ccc(NC(=O)c5ccccc5)cc4)c4ccc([N+](=O)[O-])cc43)[C@@H]2C)cc1. The monoisotopic (exact) mass is 812 g/mol. The van der Waals surface area contributed by atoms with Gasteiger partial charge in [0.05, 0.1) is 51.5 Å². The Balaban J connectivity index is 1.26. The first-order valence-electron chi connectivity index (χ1n) is 19.7. The summed E-state index contributed by atoms with van der Waals surface area (Å²) in [4.78, 5) is 57.5. The summed E-state index contributed by atoms with van der Waals surface area (Å²) in [5, 5.41) is 26.3. The lowest BCUT2D eigenvalue weighted by Crippen LogP contribution is -2.52. The zero-order chi connectivity index (χ0) is 41.9. The van der Waals surface area contributed by atoms with Crippen LogP contribution in [0.1, 0.15) is 40.4 Å². The van der Waals surface area contributed by atoms with Gasteiger partial charge in [-0.15, -0.1) is 0 Å². The Morgan fingerprint density at radius 3 is 2.22 bits per heavy atom. The second-order valence-corrected chi connectivity index (χ2v) is 20.4. The number of amides is 3. The fraction of sp³-hybridized carbons (Fsp3) is 0.283. The molecule has 1 fully saturated rings. The van der Waals surface area contributed by atoms with E-state index in [1.165, 1.54) is 12.1 Å². The average molecular weight is 813 g/mol. The number of aliphatic hydroxyl groups is 1. The maximum Gasteiger partial charge on any atom is 0.269 e. The minimum Gasteiger partial charge on any atom is -0.497 e. The van der Waals surface area contributed by atoms with E-state index in [2.05, 4.69) is 18.4 Å². The number of aliphatic hydroxyl groups excluding tert-OH is 1. The summed E-state index contributed by atoms with van der Waals surface area (Å²) in [6.45, 7) is 6.67. The third kappa shape index (κ3) is 8.01. The summed E-state index contributed by atoms with van der Waals surface area (Å²) in [6.07, 6.45) is -0.814. The summed E-state index contributed by atoms with van der Waals surface area (Å²) < 4.78 is 12.6. The Hall–Kier alpha value is -6.15. The van der Waals surface area contributed by atoms with Crippen LogP contribution in [0, 0.1) is 16.0 Å². The van der Waals surface area contributed by atoms with Gasteiger partial charge in [0.1, 0.15) is 5.75 Å². The topological polar surface area (TPSA) is 152 Å². The molecule has 4 atom stereocenters. The van der Waals surface area contributed by atoms with E-state index in [0.29, 0.717) is 28.3 Å². The molecule has 0 unspecified atom stereocenters. The van der Waals surface area contributed by atoms with E-state index >= 15 is 4.79 Å². The Bertz CT molecular complexity index is 2330. The number of nitro benzene ring substituents is 1. The van der Waals surface area contributed by atoms with Gasteiger partial charge in [-0.2, -0.15) is 0 Å². The molecular weight excluding hydrogens is 765 g/mol. The van der Waals surface area contributed by atoms with E-state index in [-0.39, 0.29) is 61.6 Å². The number of benzene rings is 5. The summed E-state index contributed by atoms with van der Waals surface area (Å²) >= 11 is 0. The first-order valence-corrected chi connectivity index (χ1v) is 22.8. The molecule has 0 saturated carbocycles. The Labute approximate surface area is 344 Å². The number of ether oxygens (including phenoxy) is 2. The van der Waals surface area contributed by atoms with Crippen molar-refractivity contribution in [1.82, 2.24) is 4.90 Å². The van der Waals surface area contributed by atoms with Gasteiger partial charge in [-0.25, -0.2) is 0 Å². The molecule has 2 N–H and O–H groups in total. The van der Waals surface area contributed by atoms with Gasteiger partial charge in [-0.3, -0.25) is 24.5 Å². The van der Waals surface area contributed by atoms with Gasteiger partial charge in [-0.05, 0) is 59.1 Å². The minimum atomic E-state index is -2.66. The van der Waals surface area contributed by atoms with Crippen LogP contribution in [0.3, 0.4) is 0 Å². The van der Waals surface area contributed by atoms with Gasteiger partial charge in [0, 0.05) is 48.0 Å². The van der Waals surface area contributed by atoms with Crippen LogP contribution in [0.5, 0.6) is 5.75 Å². The molecule has 0 radical (unpaired) electrons. The highest BCUT2D eigenvalue weighted by Gasteiger charge is 2.66. The lowest BCUT2D eigenvalue weighted by molar-refractivity contribution is -0.385. The molecule has 5 aromatic carbocycles. The van der Waals surface area contributed by atoms with Crippen LogP contribution in [-0.4, -0.2) is 67.1 Å². The van der Waals surface area contributed by atoms with Gasteiger partial charge in [0.15, 0.2) is 5.60 Å². The summed E-state index contributed by atoms with van der Waals surface area (Å²) in [5.74, 6) is -0.660. The second kappa shape index (κ2) is 17.0. The summed E-state index contributed by atoms with van der Waals surface area (Å²) in [7, 11) is -1.06. The fourth-order valence-corrected chi connectivity index (χ4v) is 13.0. The number of hydrogen-bond acceptors (Lipinski definition) is 8. The van der Waals surface area contributed by atoms with Crippen molar-refractivity contribution in [1.29, 1.82) is 0 Å². The summed E-state index contributed by atoms with van der Waals surface area (Å²) in [6, 6.07) is 37.9. The molecule has 59 heavy (non-hydrogen) atoms. The smallest absolute Gasteiger partial charge is 0.269 e. The predicted octanol–water partition coefficient (Wildman–Crippen LogP) is 7.03. The van der Waals surface area contributed by atoms with Gasteiger partial charge in [-0.1, -0.05) is 98.0 Å². The third-order valence-corrected chi connectivity index (χ3v) is 16.3. The van der Waals surface area contributed by atoms with Crippen molar-refractivity contribution in [3.05, 3.63) is 160 Å². The maximum absolute atomic E-state index is 15.3. The quantitative estimate of drug-likeness (QED) is 0.0690. The first-order chi connectivity index (χ1) is 28.4. The Morgan fingerprint density at radius 2 is 1.59 bits per heavy atom. The molecule has 304 valence electrons. The standard InChI is InChI=1S/C46H48N4O8Si/c1-31-43(59(3,4)38-22-20-37(57-2)21-23-38)41(28-42(52)48(25-26-51)29-32-11-7-5-8-12-32)58-46(31)39-27-36(50(55)56)19-24-40(39)49(45(46)54)30-33-15-17-35(18-16-33)47-44(53)34-13-9-6-10-14-34/h5-24,27,31,41,43,51H,25-26,28-30H2,1-4H3,(H,47,53)/t31-,41+,43-,46+/m1/s1. The number of anilines is 2. The lowest BCUT2D eigenvalue weighted by atomic mass is 9.82. The van der Waals surface area contributed by atoms with Crippen LogP contribution in [-0.2, 0) is 33.0 Å². The molecule has 2 heterocycles. The molecule has 7 rings (SSSR count). The number of hydrogen-bond donors (Lipinski definition) is 2. The predicted molar refractivity (Wildman–Crippen MR) is 228 cm³/mol. The molecule has 13 heteroatoms. The van der Waals surface area contributed by atoms with Crippen LogP contribution in [0.25, 0.3) is 0 Å². The van der Waals surface area contributed by atoms with Crippen molar-refractivity contribution >= 4 is 48.0 Å². The van der Waals surface area contributed by atoms with Crippen LogP contribution < -0.4 is 20.1 Å². The molecule has 2 aliphatic rings. The number of carbonyl (C=O) groups is 3. The minimum absolute atomic E-state index is 0.0656.